The molecular formula is C16H16F2N2O3S. The number of carbonyl (C=O) groups excluding carboxylic acids is 1. The van der Waals surface area contributed by atoms with Crippen LogP contribution in [-0.4, -0.2) is 20.4 Å². The lowest BCUT2D eigenvalue weighted by atomic mass is 10.2. The molecule has 1 amide bonds. The van der Waals surface area contributed by atoms with Crippen LogP contribution in [0.2, 0.25) is 0 Å². The van der Waals surface area contributed by atoms with Crippen molar-refractivity contribution in [3.8, 4) is 0 Å². The van der Waals surface area contributed by atoms with Gasteiger partial charge in [0.25, 0.3) is 15.9 Å². The predicted molar refractivity (Wildman–Crippen MR) is 86.2 cm³/mol. The molecule has 0 aliphatic heterocycles. The Morgan fingerprint density at radius 1 is 1.00 bits per heavy atom. The van der Waals surface area contributed by atoms with Crippen molar-refractivity contribution in [2.75, 3.05) is 4.72 Å². The van der Waals surface area contributed by atoms with Crippen LogP contribution in [-0.2, 0) is 10.0 Å². The first kappa shape index (κ1) is 17.9. The van der Waals surface area contributed by atoms with E-state index in [1.807, 2.05) is 13.8 Å². The first-order chi connectivity index (χ1) is 11.2. The molecule has 0 fully saturated rings. The Bertz CT molecular complexity index is 850. The minimum atomic E-state index is -4.06. The fraction of sp³-hybridized carbons (Fsp3) is 0.188. The largest absolute Gasteiger partial charge is 0.350 e. The van der Waals surface area contributed by atoms with Gasteiger partial charge in [-0.3, -0.25) is 9.52 Å². The highest BCUT2D eigenvalue weighted by molar-refractivity contribution is 7.92. The number of nitrogens with one attached hydrogen (secondary N) is 2. The molecule has 2 rings (SSSR count). The zero-order valence-electron chi connectivity index (χ0n) is 13.0. The van der Waals surface area contributed by atoms with E-state index in [1.54, 1.807) is 0 Å². The third-order valence-electron chi connectivity index (χ3n) is 3.02. The van der Waals surface area contributed by atoms with Gasteiger partial charge in [-0.25, -0.2) is 17.2 Å². The van der Waals surface area contributed by atoms with E-state index in [-0.39, 0.29) is 17.6 Å². The molecule has 0 bridgehead atoms. The lowest BCUT2D eigenvalue weighted by Crippen LogP contribution is -2.30. The van der Waals surface area contributed by atoms with Crippen molar-refractivity contribution < 1.29 is 22.0 Å². The van der Waals surface area contributed by atoms with Crippen LogP contribution in [0.4, 0.5) is 14.5 Å². The van der Waals surface area contributed by atoms with Gasteiger partial charge >= 0.3 is 0 Å². The molecule has 0 unspecified atom stereocenters. The van der Waals surface area contributed by atoms with Gasteiger partial charge in [0.15, 0.2) is 11.6 Å². The summed E-state index contributed by atoms with van der Waals surface area (Å²) < 4.78 is 52.6. The molecule has 0 saturated carbocycles. The van der Waals surface area contributed by atoms with Gasteiger partial charge in [-0.1, -0.05) is 0 Å². The van der Waals surface area contributed by atoms with Gasteiger partial charge < -0.3 is 5.32 Å². The lowest BCUT2D eigenvalue weighted by Gasteiger charge is -2.10. The van der Waals surface area contributed by atoms with E-state index < -0.39 is 26.6 Å². The number of hydrogen-bond donors (Lipinski definition) is 2. The summed E-state index contributed by atoms with van der Waals surface area (Å²) in [4.78, 5) is 11.4. The Kier molecular flexibility index (Phi) is 5.18. The first-order valence-electron chi connectivity index (χ1n) is 7.08. The van der Waals surface area contributed by atoms with Crippen molar-refractivity contribution in [1.29, 1.82) is 0 Å². The fourth-order valence-corrected chi connectivity index (χ4v) is 2.96. The summed E-state index contributed by atoms with van der Waals surface area (Å²) in [5.74, 6) is -2.66. The van der Waals surface area contributed by atoms with Crippen molar-refractivity contribution in [2.45, 2.75) is 24.8 Å². The van der Waals surface area contributed by atoms with Gasteiger partial charge in [0.2, 0.25) is 0 Å². The summed E-state index contributed by atoms with van der Waals surface area (Å²) in [5.41, 5.74) is 0.570. The van der Waals surface area contributed by atoms with Gasteiger partial charge in [0.1, 0.15) is 0 Å². The number of amides is 1. The zero-order chi connectivity index (χ0) is 17.9. The number of halogens is 2. The number of carbonyl (C=O) groups is 1. The van der Waals surface area contributed by atoms with E-state index >= 15 is 0 Å². The number of rotatable bonds is 5. The SMILES string of the molecule is CC(C)NC(=O)c1ccc(NS(=O)(=O)c2ccc(F)c(F)c2)cc1. The Balaban J connectivity index is 2.18. The Labute approximate surface area is 138 Å². The van der Waals surface area contributed by atoms with E-state index in [0.717, 1.165) is 12.1 Å². The quantitative estimate of drug-likeness (QED) is 0.867. The lowest BCUT2D eigenvalue weighted by molar-refractivity contribution is 0.0943. The number of benzene rings is 2. The smallest absolute Gasteiger partial charge is 0.261 e. The highest BCUT2D eigenvalue weighted by Crippen LogP contribution is 2.18. The number of anilines is 1. The molecule has 5 nitrogen and oxygen atoms in total. The van der Waals surface area contributed by atoms with Gasteiger partial charge in [-0.15, -0.1) is 0 Å². The summed E-state index contributed by atoms with van der Waals surface area (Å²) in [6, 6.07) is 8.02. The van der Waals surface area contributed by atoms with Gasteiger partial charge in [0, 0.05) is 17.3 Å². The summed E-state index contributed by atoms with van der Waals surface area (Å²) in [5, 5.41) is 2.71. The third-order valence-corrected chi connectivity index (χ3v) is 4.40. The maximum absolute atomic E-state index is 13.2. The minimum absolute atomic E-state index is 0.0240. The van der Waals surface area contributed by atoms with Crippen LogP contribution in [0.15, 0.2) is 47.4 Å². The molecule has 2 N–H and O–H groups in total. The van der Waals surface area contributed by atoms with E-state index in [4.69, 9.17) is 0 Å². The molecule has 0 aliphatic rings. The summed E-state index contributed by atoms with van der Waals surface area (Å²) in [6.07, 6.45) is 0. The highest BCUT2D eigenvalue weighted by Gasteiger charge is 2.17. The van der Waals surface area contributed by atoms with E-state index in [9.17, 15) is 22.0 Å². The third kappa shape index (κ3) is 4.29. The van der Waals surface area contributed by atoms with Crippen LogP contribution in [0.1, 0.15) is 24.2 Å². The molecule has 0 radical (unpaired) electrons. The van der Waals surface area contributed by atoms with Crippen LogP contribution in [0.3, 0.4) is 0 Å². The summed E-state index contributed by atoms with van der Waals surface area (Å²) in [6.45, 7) is 3.64. The predicted octanol–water partition coefficient (Wildman–Crippen LogP) is 2.90. The average Bonchev–Trinajstić information content (AvgIpc) is 2.49. The van der Waals surface area contributed by atoms with Crippen molar-refractivity contribution in [3.63, 3.8) is 0 Å². The molecule has 8 heteroatoms. The molecule has 0 heterocycles. The Morgan fingerprint density at radius 3 is 2.17 bits per heavy atom. The maximum atomic E-state index is 13.2. The first-order valence-corrected chi connectivity index (χ1v) is 8.56. The van der Waals surface area contributed by atoms with Gasteiger partial charge in [-0.2, -0.15) is 0 Å². The molecule has 128 valence electrons. The summed E-state index contributed by atoms with van der Waals surface area (Å²) >= 11 is 0. The van der Waals surface area contributed by atoms with E-state index in [1.165, 1.54) is 24.3 Å². The molecule has 0 saturated heterocycles. The molecule has 0 aromatic heterocycles. The van der Waals surface area contributed by atoms with Gasteiger partial charge in [0.05, 0.1) is 4.90 Å². The summed E-state index contributed by atoms with van der Waals surface area (Å²) in [7, 11) is -4.06. The normalized spacial score (nSPS) is 11.4. The van der Waals surface area contributed by atoms with Crippen LogP contribution in [0, 0.1) is 11.6 Å². The number of sulfonamides is 1. The van der Waals surface area contributed by atoms with Crippen molar-refractivity contribution >= 4 is 21.6 Å². The Hall–Kier alpha value is -2.48. The van der Waals surface area contributed by atoms with Crippen LogP contribution in [0.25, 0.3) is 0 Å². The van der Waals surface area contributed by atoms with E-state index in [2.05, 4.69) is 10.0 Å². The van der Waals surface area contributed by atoms with Gasteiger partial charge in [-0.05, 0) is 56.3 Å². The second-order valence-corrected chi connectivity index (χ2v) is 7.07. The molecule has 0 aliphatic carbocycles. The maximum Gasteiger partial charge on any atom is 0.261 e. The molecule has 2 aromatic rings. The second-order valence-electron chi connectivity index (χ2n) is 5.39. The molecule has 0 spiro atoms. The van der Waals surface area contributed by atoms with Crippen molar-refractivity contribution in [3.05, 3.63) is 59.7 Å². The monoisotopic (exact) mass is 354 g/mol. The molecule has 24 heavy (non-hydrogen) atoms. The minimum Gasteiger partial charge on any atom is -0.350 e. The highest BCUT2D eigenvalue weighted by atomic mass is 32.2. The molecular weight excluding hydrogens is 338 g/mol. The van der Waals surface area contributed by atoms with E-state index in [0.29, 0.717) is 11.6 Å². The topological polar surface area (TPSA) is 75.3 Å². The molecule has 0 atom stereocenters. The van der Waals surface area contributed by atoms with Crippen LogP contribution < -0.4 is 10.0 Å². The second kappa shape index (κ2) is 6.96. The number of hydrogen-bond acceptors (Lipinski definition) is 3. The standard InChI is InChI=1S/C16H16F2N2O3S/c1-10(2)19-16(21)11-3-5-12(6-4-11)20-24(22,23)13-7-8-14(17)15(18)9-13/h3-10,20H,1-2H3,(H,19,21). The Morgan fingerprint density at radius 2 is 1.62 bits per heavy atom. The zero-order valence-corrected chi connectivity index (χ0v) is 13.8. The van der Waals surface area contributed by atoms with Crippen molar-refractivity contribution in [1.82, 2.24) is 5.32 Å². The van der Waals surface area contributed by atoms with Crippen LogP contribution in [0.5, 0.6) is 0 Å². The molecule has 2 aromatic carbocycles. The van der Waals surface area contributed by atoms with Crippen molar-refractivity contribution in [2.24, 2.45) is 0 Å². The fourth-order valence-electron chi connectivity index (χ4n) is 1.89. The average molecular weight is 354 g/mol. The van der Waals surface area contributed by atoms with Crippen LogP contribution >= 0.6 is 0 Å².